The first-order chi connectivity index (χ1) is 24.3. The lowest BCUT2D eigenvalue weighted by Gasteiger charge is -2.14. The monoisotopic (exact) mass is 626 g/mol. The molecule has 0 N–H and O–H groups in total. The van der Waals surface area contributed by atoms with Crippen LogP contribution in [-0.4, -0.2) is 19.5 Å². The SMILES string of the molecule is c1ccc(-c2nc(-c3ccccc3)nc(-c3ccc4c5c(-c6ccccc6)ccc(-c6ccccc6)c5n(-c5ccccc5)c4c3)n2)cc1. The van der Waals surface area contributed by atoms with Crippen LogP contribution in [0.1, 0.15) is 0 Å². The molecule has 0 unspecified atom stereocenters. The van der Waals surface area contributed by atoms with E-state index in [2.05, 4.69) is 126 Å². The smallest absolute Gasteiger partial charge is 0.164 e. The van der Waals surface area contributed by atoms with E-state index in [1.54, 1.807) is 0 Å². The summed E-state index contributed by atoms with van der Waals surface area (Å²) in [5, 5.41) is 2.38. The van der Waals surface area contributed by atoms with Crippen LogP contribution in [0.3, 0.4) is 0 Å². The summed E-state index contributed by atoms with van der Waals surface area (Å²) in [4.78, 5) is 15.0. The molecule has 7 aromatic carbocycles. The molecule has 4 heteroatoms. The molecule has 0 aliphatic rings. The van der Waals surface area contributed by atoms with Crippen molar-refractivity contribution in [3.63, 3.8) is 0 Å². The maximum absolute atomic E-state index is 5.06. The van der Waals surface area contributed by atoms with Crippen molar-refractivity contribution < 1.29 is 0 Å². The van der Waals surface area contributed by atoms with E-state index in [1.165, 1.54) is 33.0 Å². The van der Waals surface area contributed by atoms with E-state index >= 15 is 0 Å². The third-order valence-electron chi connectivity index (χ3n) is 9.05. The number of hydrogen-bond donors (Lipinski definition) is 0. The van der Waals surface area contributed by atoms with E-state index in [0.29, 0.717) is 17.5 Å². The van der Waals surface area contributed by atoms with Gasteiger partial charge in [-0.2, -0.15) is 0 Å². The minimum Gasteiger partial charge on any atom is -0.309 e. The van der Waals surface area contributed by atoms with Crippen LogP contribution in [0, 0.1) is 0 Å². The lowest BCUT2D eigenvalue weighted by Crippen LogP contribution is -2.00. The Hall–Kier alpha value is -6.65. The highest BCUT2D eigenvalue weighted by Gasteiger charge is 2.21. The van der Waals surface area contributed by atoms with Crippen LogP contribution in [0.4, 0.5) is 0 Å². The van der Waals surface area contributed by atoms with Gasteiger partial charge in [0.05, 0.1) is 11.0 Å². The molecule has 49 heavy (non-hydrogen) atoms. The van der Waals surface area contributed by atoms with Gasteiger partial charge in [0.2, 0.25) is 0 Å². The normalized spacial score (nSPS) is 11.3. The largest absolute Gasteiger partial charge is 0.309 e. The maximum atomic E-state index is 5.06. The molecule has 2 aromatic heterocycles. The highest BCUT2D eigenvalue weighted by Crippen LogP contribution is 2.44. The number of fused-ring (bicyclic) bond motifs is 3. The van der Waals surface area contributed by atoms with Gasteiger partial charge < -0.3 is 4.57 Å². The Morgan fingerprint density at radius 1 is 0.347 bits per heavy atom. The lowest BCUT2D eigenvalue weighted by atomic mass is 9.94. The summed E-state index contributed by atoms with van der Waals surface area (Å²) in [6.45, 7) is 0. The van der Waals surface area contributed by atoms with Crippen molar-refractivity contribution >= 4 is 21.8 Å². The van der Waals surface area contributed by atoms with Gasteiger partial charge in [0.15, 0.2) is 17.5 Å². The van der Waals surface area contributed by atoms with Gasteiger partial charge in [-0.3, -0.25) is 0 Å². The summed E-state index contributed by atoms with van der Waals surface area (Å²) in [6, 6.07) is 63.4. The van der Waals surface area contributed by atoms with Crippen molar-refractivity contribution in [2.24, 2.45) is 0 Å². The first-order valence-corrected chi connectivity index (χ1v) is 16.5. The molecule has 0 atom stereocenters. The summed E-state index contributed by atoms with van der Waals surface area (Å²) in [6.07, 6.45) is 0. The van der Waals surface area contributed by atoms with Gasteiger partial charge in [0.1, 0.15) is 0 Å². The van der Waals surface area contributed by atoms with Crippen molar-refractivity contribution in [3.8, 4) is 62.1 Å². The number of nitrogens with zero attached hydrogens (tertiary/aromatic N) is 4. The van der Waals surface area contributed by atoms with Crippen molar-refractivity contribution in [1.29, 1.82) is 0 Å². The van der Waals surface area contributed by atoms with Crippen LogP contribution < -0.4 is 0 Å². The molecule has 0 saturated carbocycles. The fourth-order valence-corrected chi connectivity index (χ4v) is 6.78. The van der Waals surface area contributed by atoms with Gasteiger partial charge in [-0.05, 0) is 34.9 Å². The Morgan fingerprint density at radius 3 is 1.31 bits per heavy atom. The number of hydrogen-bond acceptors (Lipinski definition) is 3. The zero-order valence-corrected chi connectivity index (χ0v) is 26.6. The average molecular weight is 627 g/mol. The summed E-state index contributed by atoms with van der Waals surface area (Å²) in [7, 11) is 0. The maximum Gasteiger partial charge on any atom is 0.164 e. The molecular formula is C45H30N4. The molecule has 0 fully saturated rings. The van der Waals surface area contributed by atoms with Gasteiger partial charge in [-0.15, -0.1) is 0 Å². The Balaban J connectivity index is 1.37. The molecule has 0 bridgehead atoms. The minimum atomic E-state index is 0.631. The quantitative estimate of drug-likeness (QED) is 0.184. The molecule has 4 nitrogen and oxygen atoms in total. The van der Waals surface area contributed by atoms with Crippen LogP contribution >= 0.6 is 0 Å². The second-order valence-corrected chi connectivity index (χ2v) is 12.1. The van der Waals surface area contributed by atoms with E-state index < -0.39 is 0 Å². The zero-order chi connectivity index (χ0) is 32.6. The molecule has 0 radical (unpaired) electrons. The van der Waals surface area contributed by atoms with Crippen molar-refractivity contribution in [3.05, 3.63) is 182 Å². The first kappa shape index (κ1) is 28.6. The van der Waals surface area contributed by atoms with E-state index in [1.807, 2.05) is 60.7 Å². The Bertz CT molecular complexity index is 2500. The molecule has 230 valence electrons. The lowest BCUT2D eigenvalue weighted by molar-refractivity contribution is 1.07. The summed E-state index contributed by atoms with van der Waals surface area (Å²) in [5.41, 5.74) is 10.9. The standard InChI is InChI=1S/C45H30N4/c1-6-16-31(17-7-1)37-28-29-38(32-18-8-2-9-19-32)42-41(37)39-27-26-35(30-40(39)49(42)36-24-14-5-15-25-36)45-47-43(33-20-10-3-11-21-33)46-44(48-45)34-22-12-4-13-23-34/h1-30H. The third kappa shape index (κ3) is 5.16. The van der Waals surface area contributed by atoms with E-state index in [4.69, 9.17) is 15.0 Å². The highest BCUT2D eigenvalue weighted by molar-refractivity contribution is 6.20. The molecule has 0 amide bonds. The van der Waals surface area contributed by atoms with E-state index in [-0.39, 0.29) is 0 Å². The topological polar surface area (TPSA) is 43.6 Å². The summed E-state index contributed by atoms with van der Waals surface area (Å²) < 4.78 is 2.40. The average Bonchev–Trinajstić information content (AvgIpc) is 3.54. The Labute approximate surface area is 284 Å². The van der Waals surface area contributed by atoms with Crippen LogP contribution in [0.25, 0.3) is 83.9 Å². The van der Waals surface area contributed by atoms with Gasteiger partial charge >= 0.3 is 0 Å². The molecule has 0 saturated heterocycles. The molecule has 9 aromatic rings. The Morgan fingerprint density at radius 2 is 0.776 bits per heavy atom. The second kappa shape index (κ2) is 12.2. The second-order valence-electron chi connectivity index (χ2n) is 12.1. The summed E-state index contributed by atoms with van der Waals surface area (Å²) in [5.74, 6) is 1.92. The van der Waals surface area contributed by atoms with Crippen LogP contribution in [0.5, 0.6) is 0 Å². The first-order valence-electron chi connectivity index (χ1n) is 16.5. The van der Waals surface area contributed by atoms with Gasteiger partial charge in [0, 0.05) is 38.7 Å². The predicted molar refractivity (Wildman–Crippen MR) is 201 cm³/mol. The van der Waals surface area contributed by atoms with Crippen LogP contribution in [-0.2, 0) is 0 Å². The molecule has 2 heterocycles. The number of rotatable bonds is 6. The molecule has 9 rings (SSSR count). The number of para-hydroxylation sites is 1. The van der Waals surface area contributed by atoms with Crippen LogP contribution in [0.2, 0.25) is 0 Å². The van der Waals surface area contributed by atoms with Crippen LogP contribution in [0.15, 0.2) is 182 Å². The van der Waals surface area contributed by atoms with Crippen molar-refractivity contribution in [1.82, 2.24) is 19.5 Å². The fraction of sp³-hybridized carbons (Fsp3) is 0. The third-order valence-corrected chi connectivity index (χ3v) is 9.05. The predicted octanol–water partition coefficient (Wildman–Crippen LogP) is 11.3. The van der Waals surface area contributed by atoms with E-state index in [0.717, 1.165) is 33.4 Å². The Kier molecular flexibility index (Phi) is 7.10. The fourth-order valence-electron chi connectivity index (χ4n) is 6.78. The zero-order valence-electron chi connectivity index (χ0n) is 26.6. The number of aromatic nitrogens is 4. The molecule has 0 spiro atoms. The van der Waals surface area contributed by atoms with Gasteiger partial charge in [-0.1, -0.05) is 164 Å². The molecule has 0 aliphatic heterocycles. The molecular weight excluding hydrogens is 597 g/mol. The highest BCUT2D eigenvalue weighted by atomic mass is 15.0. The number of benzene rings is 7. The minimum absolute atomic E-state index is 0.631. The van der Waals surface area contributed by atoms with Crippen molar-refractivity contribution in [2.75, 3.05) is 0 Å². The van der Waals surface area contributed by atoms with Gasteiger partial charge in [0.25, 0.3) is 0 Å². The van der Waals surface area contributed by atoms with Gasteiger partial charge in [-0.25, -0.2) is 15.0 Å². The van der Waals surface area contributed by atoms with Crippen molar-refractivity contribution in [2.45, 2.75) is 0 Å². The van der Waals surface area contributed by atoms with E-state index in [9.17, 15) is 0 Å². The molecule has 0 aliphatic carbocycles. The summed E-state index contributed by atoms with van der Waals surface area (Å²) >= 11 is 0.